The van der Waals surface area contributed by atoms with Gasteiger partial charge in [0, 0.05) is 44.7 Å². The second-order valence-electron chi connectivity index (χ2n) is 6.47. The Bertz CT molecular complexity index is 656. The number of aryl methyl sites for hydroxylation is 1. The average molecular weight is 364 g/mol. The standard InChI is InChI=1S/C19H25N3O2.ClH/c1-22(19(23)16-13-20-14-16)11-7-3-6-10-17-12-18(21-24-17)15-8-4-2-5-9-15;/h2,4-5,8-9,12,16,20H,3,6-7,10-11,13-14H2,1H3;1H. The highest BCUT2D eigenvalue weighted by Crippen LogP contribution is 2.19. The van der Waals surface area contributed by atoms with Crippen molar-refractivity contribution in [2.75, 3.05) is 26.7 Å². The normalized spacial score (nSPS) is 13.8. The predicted octanol–water partition coefficient (Wildman–Crippen LogP) is 3.15. The van der Waals surface area contributed by atoms with Crippen molar-refractivity contribution in [1.29, 1.82) is 0 Å². The zero-order valence-electron chi connectivity index (χ0n) is 14.6. The minimum Gasteiger partial charge on any atom is -0.361 e. The number of nitrogens with one attached hydrogen (secondary N) is 1. The van der Waals surface area contributed by atoms with Crippen molar-refractivity contribution in [2.45, 2.75) is 25.7 Å². The summed E-state index contributed by atoms with van der Waals surface area (Å²) in [6.07, 6.45) is 4.06. The van der Waals surface area contributed by atoms with E-state index in [1.54, 1.807) is 0 Å². The predicted molar refractivity (Wildman–Crippen MR) is 101 cm³/mol. The molecule has 1 fully saturated rings. The van der Waals surface area contributed by atoms with Crippen LogP contribution in [0.2, 0.25) is 0 Å². The summed E-state index contributed by atoms with van der Waals surface area (Å²) in [5.74, 6) is 1.40. The van der Waals surface area contributed by atoms with E-state index in [9.17, 15) is 4.79 Å². The number of halogens is 1. The summed E-state index contributed by atoms with van der Waals surface area (Å²) >= 11 is 0. The van der Waals surface area contributed by atoms with Gasteiger partial charge in [-0.05, 0) is 12.8 Å². The smallest absolute Gasteiger partial charge is 0.227 e. The summed E-state index contributed by atoms with van der Waals surface area (Å²) in [5, 5.41) is 7.28. The third-order valence-corrected chi connectivity index (χ3v) is 4.55. The van der Waals surface area contributed by atoms with Gasteiger partial charge < -0.3 is 14.7 Å². The van der Waals surface area contributed by atoms with Crippen LogP contribution in [0.15, 0.2) is 40.9 Å². The highest BCUT2D eigenvalue weighted by molar-refractivity contribution is 5.85. The molecule has 0 bridgehead atoms. The van der Waals surface area contributed by atoms with E-state index in [0.29, 0.717) is 0 Å². The lowest BCUT2D eigenvalue weighted by Crippen LogP contribution is -2.51. The summed E-state index contributed by atoms with van der Waals surface area (Å²) < 4.78 is 5.42. The van der Waals surface area contributed by atoms with Crippen LogP contribution in [0, 0.1) is 5.92 Å². The fraction of sp³-hybridized carbons (Fsp3) is 0.474. The van der Waals surface area contributed by atoms with Gasteiger partial charge in [-0.1, -0.05) is 41.9 Å². The van der Waals surface area contributed by atoms with E-state index in [2.05, 4.69) is 10.5 Å². The summed E-state index contributed by atoms with van der Waals surface area (Å²) in [4.78, 5) is 13.9. The molecule has 1 aliphatic heterocycles. The second-order valence-corrected chi connectivity index (χ2v) is 6.47. The minimum absolute atomic E-state index is 0. The first kappa shape index (κ1) is 19.5. The monoisotopic (exact) mass is 363 g/mol. The van der Waals surface area contributed by atoms with Crippen LogP contribution in [0.4, 0.5) is 0 Å². The van der Waals surface area contributed by atoms with Crippen LogP contribution in [0.5, 0.6) is 0 Å². The molecule has 1 saturated heterocycles. The largest absolute Gasteiger partial charge is 0.361 e. The molecule has 0 aliphatic carbocycles. The molecular formula is C19H26ClN3O2. The Morgan fingerprint density at radius 1 is 1.24 bits per heavy atom. The van der Waals surface area contributed by atoms with Crippen LogP contribution in [-0.2, 0) is 11.2 Å². The van der Waals surface area contributed by atoms with Crippen molar-refractivity contribution in [2.24, 2.45) is 5.92 Å². The van der Waals surface area contributed by atoms with Crippen LogP contribution in [0.25, 0.3) is 11.3 Å². The molecule has 1 N–H and O–H groups in total. The molecule has 1 aromatic heterocycles. The van der Waals surface area contributed by atoms with Crippen molar-refractivity contribution in [3.8, 4) is 11.3 Å². The second kappa shape index (κ2) is 9.59. The van der Waals surface area contributed by atoms with Gasteiger partial charge in [0.1, 0.15) is 11.5 Å². The first-order chi connectivity index (χ1) is 11.7. The van der Waals surface area contributed by atoms with Gasteiger partial charge in [-0.3, -0.25) is 4.79 Å². The molecule has 0 saturated carbocycles. The summed E-state index contributed by atoms with van der Waals surface area (Å²) in [5.41, 5.74) is 1.98. The third-order valence-electron chi connectivity index (χ3n) is 4.55. The van der Waals surface area contributed by atoms with Crippen LogP contribution >= 0.6 is 12.4 Å². The Labute approximate surface area is 155 Å². The topological polar surface area (TPSA) is 58.4 Å². The van der Waals surface area contributed by atoms with Crippen LogP contribution < -0.4 is 5.32 Å². The Morgan fingerprint density at radius 3 is 2.68 bits per heavy atom. The molecule has 2 aromatic rings. The van der Waals surface area contributed by atoms with Gasteiger partial charge in [0.2, 0.25) is 5.91 Å². The highest BCUT2D eigenvalue weighted by Gasteiger charge is 2.27. The Hall–Kier alpha value is -1.85. The summed E-state index contributed by atoms with van der Waals surface area (Å²) in [6, 6.07) is 12.1. The lowest BCUT2D eigenvalue weighted by molar-refractivity contribution is -0.135. The molecule has 1 aliphatic rings. The van der Waals surface area contributed by atoms with Gasteiger partial charge in [0.25, 0.3) is 0 Å². The van der Waals surface area contributed by atoms with E-state index in [-0.39, 0.29) is 24.2 Å². The number of aromatic nitrogens is 1. The SMILES string of the molecule is CN(CCCCCc1cc(-c2ccccc2)no1)C(=O)C1CNC1.Cl. The highest BCUT2D eigenvalue weighted by atomic mass is 35.5. The van der Waals surface area contributed by atoms with E-state index in [1.165, 1.54) is 0 Å². The molecule has 3 rings (SSSR count). The van der Waals surface area contributed by atoms with Gasteiger partial charge in [0.05, 0.1) is 5.92 Å². The van der Waals surface area contributed by atoms with E-state index < -0.39 is 0 Å². The molecule has 25 heavy (non-hydrogen) atoms. The molecule has 0 radical (unpaired) electrons. The van der Waals surface area contributed by atoms with E-state index in [1.807, 2.05) is 48.3 Å². The van der Waals surface area contributed by atoms with Crippen LogP contribution in [0.1, 0.15) is 25.0 Å². The molecule has 0 unspecified atom stereocenters. The number of nitrogens with zero attached hydrogens (tertiary/aromatic N) is 2. The van der Waals surface area contributed by atoms with Crippen molar-refractivity contribution in [1.82, 2.24) is 15.4 Å². The lowest BCUT2D eigenvalue weighted by Gasteiger charge is -2.30. The van der Waals surface area contributed by atoms with Crippen molar-refractivity contribution < 1.29 is 9.32 Å². The van der Waals surface area contributed by atoms with Gasteiger partial charge >= 0.3 is 0 Å². The van der Waals surface area contributed by atoms with E-state index >= 15 is 0 Å². The average Bonchev–Trinajstić information content (AvgIpc) is 3.02. The van der Waals surface area contributed by atoms with E-state index in [0.717, 1.165) is 62.3 Å². The quantitative estimate of drug-likeness (QED) is 0.732. The zero-order valence-corrected chi connectivity index (χ0v) is 15.4. The van der Waals surface area contributed by atoms with Crippen molar-refractivity contribution >= 4 is 18.3 Å². The summed E-state index contributed by atoms with van der Waals surface area (Å²) in [7, 11) is 1.91. The fourth-order valence-electron chi connectivity index (χ4n) is 2.89. The maximum Gasteiger partial charge on any atom is 0.227 e. The van der Waals surface area contributed by atoms with Crippen molar-refractivity contribution in [3.63, 3.8) is 0 Å². The number of benzene rings is 1. The van der Waals surface area contributed by atoms with Crippen LogP contribution in [0.3, 0.4) is 0 Å². The number of amides is 1. The number of carbonyl (C=O) groups is 1. The lowest BCUT2D eigenvalue weighted by atomic mass is 10.0. The molecule has 2 heterocycles. The molecule has 6 heteroatoms. The maximum atomic E-state index is 12.0. The first-order valence-corrected chi connectivity index (χ1v) is 8.71. The molecule has 0 spiro atoms. The third kappa shape index (κ3) is 5.31. The van der Waals surface area contributed by atoms with Crippen molar-refractivity contribution in [3.05, 3.63) is 42.2 Å². The number of unbranched alkanes of at least 4 members (excludes halogenated alkanes) is 2. The maximum absolute atomic E-state index is 12.0. The first-order valence-electron chi connectivity index (χ1n) is 8.71. The Balaban J connectivity index is 0.00000225. The minimum atomic E-state index is 0. The summed E-state index contributed by atoms with van der Waals surface area (Å²) in [6.45, 7) is 2.50. The molecular weight excluding hydrogens is 338 g/mol. The number of carbonyl (C=O) groups excluding carboxylic acids is 1. The number of hydrogen-bond acceptors (Lipinski definition) is 4. The fourth-order valence-corrected chi connectivity index (χ4v) is 2.89. The van der Waals surface area contributed by atoms with Gasteiger partial charge in [-0.15, -0.1) is 12.4 Å². The number of hydrogen-bond donors (Lipinski definition) is 1. The van der Waals surface area contributed by atoms with E-state index in [4.69, 9.17) is 4.52 Å². The van der Waals surface area contributed by atoms with Gasteiger partial charge in [0.15, 0.2) is 0 Å². The van der Waals surface area contributed by atoms with Gasteiger partial charge in [-0.25, -0.2) is 0 Å². The van der Waals surface area contributed by atoms with Crippen LogP contribution in [-0.4, -0.2) is 42.6 Å². The number of rotatable bonds is 8. The zero-order chi connectivity index (χ0) is 16.8. The Kier molecular flexibility index (Phi) is 7.47. The van der Waals surface area contributed by atoms with Gasteiger partial charge in [-0.2, -0.15) is 0 Å². The molecule has 1 aromatic carbocycles. The molecule has 136 valence electrons. The molecule has 5 nitrogen and oxygen atoms in total. The Morgan fingerprint density at radius 2 is 2.00 bits per heavy atom. The molecule has 0 atom stereocenters. The molecule has 1 amide bonds.